The van der Waals surface area contributed by atoms with Gasteiger partial charge in [-0.05, 0) is 55.3 Å². The molecule has 132 valence electrons. The number of piperidine rings is 1. The average Bonchev–Trinajstić information content (AvgIpc) is 2.63. The lowest BCUT2D eigenvalue weighted by Gasteiger charge is -2.34. The van der Waals surface area contributed by atoms with E-state index < -0.39 is 0 Å². The van der Waals surface area contributed by atoms with E-state index in [0.717, 1.165) is 30.8 Å². The van der Waals surface area contributed by atoms with Crippen molar-refractivity contribution in [3.63, 3.8) is 0 Å². The van der Waals surface area contributed by atoms with E-state index in [1.807, 2.05) is 48.2 Å². The summed E-state index contributed by atoms with van der Waals surface area (Å²) in [5.41, 5.74) is 2.62. The monoisotopic (exact) mass is 341 g/mol. The maximum Gasteiger partial charge on any atom is 0.253 e. The van der Waals surface area contributed by atoms with Crippen molar-refractivity contribution in [1.82, 2.24) is 4.90 Å². The van der Waals surface area contributed by atoms with Crippen molar-refractivity contribution in [1.29, 1.82) is 0 Å². The minimum atomic E-state index is -0.244. The van der Waals surface area contributed by atoms with Crippen molar-refractivity contribution in [2.75, 3.05) is 37.4 Å². The maximum atomic E-state index is 13.0. The van der Waals surface area contributed by atoms with Gasteiger partial charge in [-0.25, -0.2) is 4.39 Å². The number of amides is 1. The van der Waals surface area contributed by atoms with Crippen LogP contribution in [0.15, 0.2) is 48.5 Å². The molecule has 0 spiro atoms. The van der Waals surface area contributed by atoms with Crippen molar-refractivity contribution in [3.05, 3.63) is 59.9 Å². The van der Waals surface area contributed by atoms with Crippen LogP contribution in [-0.2, 0) is 0 Å². The molecule has 1 heterocycles. The molecule has 1 amide bonds. The van der Waals surface area contributed by atoms with Crippen LogP contribution in [0.5, 0.6) is 0 Å². The number of carbonyl (C=O) groups excluding carboxylic acids is 1. The number of carbonyl (C=O) groups is 1. The maximum absolute atomic E-state index is 13.0. The molecule has 1 aliphatic heterocycles. The number of benzene rings is 2. The Morgan fingerprint density at radius 2 is 1.96 bits per heavy atom. The third-order valence-electron chi connectivity index (χ3n) is 4.53. The minimum Gasteiger partial charge on any atom is -0.381 e. The van der Waals surface area contributed by atoms with Crippen molar-refractivity contribution < 1.29 is 9.18 Å². The van der Waals surface area contributed by atoms with E-state index in [0.29, 0.717) is 12.1 Å². The van der Waals surface area contributed by atoms with Crippen LogP contribution in [0.1, 0.15) is 23.2 Å². The van der Waals surface area contributed by atoms with E-state index in [9.17, 15) is 9.18 Å². The molecule has 0 aromatic heterocycles. The zero-order chi connectivity index (χ0) is 17.8. The summed E-state index contributed by atoms with van der Waals surface area (Å²) < 4.78 is 13.0. The first-order valence-electron chi connectivity index (χ1n) is 8.62. The molecule has 1 fully saturated rings. The van der Waals surface area contributed by atoms with Gasteiger partial charge < -0.3 is 15.1 Å². The van der Waals surface area contributed by atoms with Crippen molar-refractivity contribution in [2.45, 2.75) is 18.9 Å². The highest BCUT2D eigenvalue weighted by Crippen LogP contribution is 2.20. The first-order chi connectivity index (χ1) is 12.0. The average molecular weight is 341 g/mol. The van der Waals surface area contributed by atoms with Crippen LogP contribution in [0.3, 0.4) is 0 Å². The highest BCUT2D eigenvalue weighted by atomic mass is 19.1. The van der Waals surface area contributed by atoms with Crippen LogP contribution in [0.25, 0.3) is 0 Å². The summed E-state index contributed by atoms with van der Waals surface area (Å²) in [4.78, 5) is 16.7. The number of halogens is 1. The highest BCUT2D eigenvalue weighted by Gasteiger charge is 2.24. The topological polar surface area (TPSA) is 35.6 Å². The molecule has 2 aromatic rings. The Morgan fingerprint density at radius 1 is 1.20 bits per heavy atom. The molecular formula is C20H24FN3O. The minimum absolute atomic E-state index is 0.0642. The lowest BCUT2D eigenvalue weighted by molar-refractivity contribution is 0.0715. The van der Waals surface area contributed by atoms with Crippen LogP contribution in [-0.4, -0.2) is 44.0 Å². The first kappa shape index (κ1) is 17.3. The molecule has 5 heteroatoms. The summed E-state index contributed by atoms with van der Waals surface area (Å²) in [6.45, 7) is 1.43. The van der Waals surface area contributed by atoms with E-state index >= 15 is 0 Å². The molecule has 25 heavy (non-hydrogen) atoms. The normalized spacial score (nSPS) is 17.2. The molecule has 1 N–H and O–H groups in total. The number of hydrogen-bond donors (Lipinski definition) is 1. The third-order valence-corrected chi connectivity index (χ3v) is 4.53. The molecular weight excluding hydrogens is 317 g/mol. The van der Waals surface area contributed by atoms with E-state index in [-0.39, 0.29) is 17.8 Å². The number of nitrogens with one attached hydrogen (secondary N) is 1. The van der Waals surface area contributed by atoms with Gasteiger partial charge >= 0.3 is 0 Å². The van der Waals surface area contributed by atoms with Gasteiger partial charge in [0.05, 0.1) is 0 Å². The molecule has 2 aromatic carbocycles. The highest BCUT2D eigenvalue weighted by molar-refractivity contribution is 5.95. The molecule has 3 rings (SSSR count). The lowest BCUT2D eigenvalue weighted by atomic mass is 10.0. The molecule has 1 saturated heterocycles. The quantitative estimate of drug-likeness (QED) is 0.923. The Balaban J connectivity index is 1.67. The van der Waals surface area contributed by atoms with Crippen LogP contribution < -0.4 is 10.2 Å². The molecule has 0 aliphatic carbocycles. The Kier molecular flexibility index (Phi) is 5.22. The zero-order valence-electron chi connectivity index (χ0n) is 14.7. The van der Waals surface area contributed by atoms with Crippen molar-refractivity contribution in [2.24, 2.45) is 0 Å². The molecule has 1 aliphatic rings. The van der Waals surface area contributed by atoms with Gasteiger partial charge in [-0.3, -0.25) is 4.79 Å². The lowest BCUT2D eigenvalue weighted by Crippen LogP contribution is -2.45. The summed E-state index contributed by atoms with van der Waals surface area (Å²) in [7, 11) is 3.93. The molecule has 0 saturated carbocycles. The van der Waals surface area contributed by atoms with Gasteiger partial charge in [0.2, 0.25) is 0 Å². The van der Waals surface area contributed by atoms with Gasteiger partial charge in [-0.2, -0.15) is 0 Å². The molecule has 0 radical (unpaired) electrons. The van der Waals surface area contributed by atoms with Crippen LogP contribution in [0.4, 0.5) is 15.8 Å². The van der Waals surface area contributed by atoms with E-state index in [4.69, 9.17) is 0 Å². The fraction of sp³-hybridized carbons (Fsp3) is 0.350. The number of nitrogens with zero attached hydrogens (tertiary/aromatic N) is 2. The van der Waals surface area contributed by atoms with E-state index in [1.165, 1.54) is 12.1 Å². The standard InChI is InChI=1S/C20H24FN3O/c1-23(2)19-7-3-5-15(13-19)20(25)24-12-4-6-18(14-24)22-17-10-8-16(21)9-11-17/h3,5,7-11,13,18,22H,4,6,12,14H2,1-2H3. The first-order valence-corrected chi connectivity index (χ1v) is 8.62. The third kappa shape index (κ3) is 4.29. The summed E-state index contributed by atoms with van der Waals surface area (Å²) in [5, 5.41) is 3.41. The number of likely N-dealkylation sites (tertiary alicyclic amines) is 1. The van der Waals surface area contributed by atoms with Gasteiger partial charge in [0.1, 0.15) is 5.82 Å². The van der Waals surface area contributed by atoms with Crippen LogP contribution >= 0.6 is 0 Å². The molecule has 0 bridgehead atoms. The fourth-order valence-corrected chi connectivity index (χ4v) is 3.16. The van der Waals surface area contributed by atoms with Gasteiger partial charge in [0.15, 0.2) is 0 Å². The van der Waals surface area contributed by atoms with Crippen LogP contribution in [0.2, 0.25) is 0 Å². The molecule has 4 nitrogen and oxygen atoms in total. The number of hydrogen-bond acceptors (Lipinski definition) is 3. The Labute approximate surface area is 148 Å². The number of anilines is 2. The van der Waals surface area contributed by atoms with Crippen molar-refractivity contribution in [3.8, 4) is 0 Å². The Morgan fingerprint density at radius 3 is 2.68 bits per heavy atom. The molecule has 1 unspecified atom stereocenters. The SMILES string of the molecule is CN(C)c1cccc(C(=O)N2CCCC(Nc3ccc(F)cc3)C2)c1. The van der Waals surface area contributed by atoms with Gasteiger partial charge in [0.25, 0.3) is 5.91 Å². The summed E-state index contributed by atoms with van der Waals surface area (Å²) in [6, 6.07) is 14.2. The summed E-state index contributed by atoms with van der Waals surface area (Å²) in [6.07, 6.45) is 1.96. The van der Waals surface area contributed by atoms with Gasteiger partial charge in [-0.15, -0.1) is 0 Å². The van der Waals surface area contributed by atoms with Crippen LogP contribution in [0, 0.1) is 5.82 Å². The van der Waals surface area contributed by atoms with E-state index in [1.54, 1.807) is 12.1 Å². The largest absolute Gasteiger partial charge is 0.381 e. The molecule has 1 atom stereocenters. The second-order valence-corrected chi connectivity index (χ2v) is 6.69. The smallest absolute Gasteiger partial charge is 0.253 e. The summed E-state index contributed by atoms with van der Waals surface area (Å²) >= 11 is 0. The predicted octanol–water partition coefficient (Wildman–Crippen LogP) is 3.61. The second-order valence-electron chi connectivity index (χ2n) is 6.69. The van der Waals surface area contributed by atoms with Crippen molar-refractivity contribution >= 4 is 17.3 Å². The summed E-state index contributed by atoms with van der Waals surface area (Å²) in [5.74, 6) is -0.180. The zero-order valence-corrected chi connectivity index (χ0v) is 14.7. The van der Waals surface area contributed by atoms with Gasteiger partial charge in [-0.1, -0.05) is 6.07 Å². The Bertz CT molecular complexity index is 730. The van der Waals surface area contributed by atoms with Gasteiger partial charge in [0, 0.05) is 50.2 Å². The predicted molar refractivity (Wildman–Crippen MR) is 99.7 cm³/mol. The Hall–Kier alpha value is -2.56. The van der Waals surface area contributed by atoms with E-state index in [2.05, 4.69) is 5.32 Å². The fourth-order valence-electron chi connectivity index (χ4n) is 3.16. The second kappa shape index (κ2) is 7.55. The number of rotatable bonds is 4.